The Bertz CT molecular complexity index is 470. The topological polar surface area (TPSA) is 15.3 Å². The van der Waals surface area contributed by atoms with Crippen LogP contribution in [0.4, 0.5) is 10.1 Å². The zero-order valence-electron chi connectivity index (χ0n) is 12.7. The number of piperidine rings is 1. The van der Waals surface area contributed by atoms with Crippen LogP contribution in [0, 0.1) is 12.7 Å². The second-order valence-electron chi connectivity index (χ2n) is 5.96. The summed E-state index contributed by atoms with van der Waals surface area (Å²) in [6.45, 7) is 9.56. The quantitative estimate of drug-likeness (QED) is 0.837. The van der Waals surface area contributed by atoms with Gasteiger partial charge in [-0.05, 0) is 51.3 Å². The van der Waals surface area contributed by atoms with Gasteiger partial charge < -0.3 is 5.32 Å². The van der Waals surface area contributed by atoms with Crippen LogP contribution in [0.3, 0.4) is 0 Å². The second kappa shape index (κ2) is 6.89. The molecule has 0 spiro atoms. The third-order valence-corrected chi connectivity index (χ3v) is 3.90. The van der Waals surface area contributed by atoms with Gasteiger partial charge in [-0.1, -0.05) is 17.7 Å². The molecule has 0 aliphatic carbocycles. The molecule has 2 nitrogen and oxygen atoms in total. The molecule has 0 amide bonds. The number of halogens is 1. The second-order valence-corrected chi connectivity index (χ2v) is 5.96. The summed E-state index contributed by atoms with van der Waals surface area (Å²) in [5.74, 6) is -0.168. The number of likely N-dealkylation sites (tertiary alicyclic amines) is 1. The lowest BCUT2D eigenvalue weighted by Gasteiger charge is -2.32. The van der Waals surface area contributed by atoms with Gasteiger partial charge in [-0.3, -0.25) is 4.90 Å². The summed E-state index contributed by atoms with van der Waals surface area (Å²) in [6.07, 6.45) is 4.52. The lowest BCUT2D eigenvalue weighted by molar-refractivity contribution is 0.240. The Balaban J connectivity index is 1.85. The molecule has 1 heterocycles. The first-order valence-electron chi connectivity index (χ1n) is 7.43. The van der Waals surface area contributed by atoms with E-state index in [0.29, 0.717) is 6.04 Å². The number of nitrogens with zero attached hydrogens (tertiary/aromatic N) is 1. The standard InChI is InChI=1S/C17H25FN2/c1-13(2)6-9-20-10-7-16(8-11-20)19-17-12-15(18)5-4-14(17)3/h4-6,12,16,19H,7-11H2,1-3H3. The van der Waals surface area contributed by atoms with Crippen LogP contribution in [0.2, 0.25) is 0 Å². The van der Waals surface area contributed by atoms with Crippen LogP contribution in [-0.2, 0) is 0 Å². The van der Waals surface area contributed by atoms with Crippen molar-refractivity contribution >= 4 is 5.69 Å². The summed E-state index contributed by atoms with van der Waals surface area (Å²) in [7, 11) is 0. The highest BCUT2D eigenvalue weighted by atomic mass is 19.1. The zero-order chi connectivity index (χ0) is 14.5. The average molecular weight is 276 g/mol. The molecule has 0 atom stereocenters. The number of aryl methyl sites for hydroxylation is 1. The van der Waals surface area contributed by atoms with E-state index in [2.05, 4.69) is 30.1 Å². The number of hydrogen-bond acceptors (Lipinski definition) is 2. The van der Waals surface area contributed by atoms with Crippen LogP contribution in [0.5, 0.6) is 0 Å². The van der Waals surface area contributed by atoms with Crippen molar-refractivity contribution in [1.82, 2.24) is 4.90 Å². The summed E-state index contributed by atoms with van der Waals surface area (Å²) in [5.41, 5.74) is 3.42. The minimum atomic E-state index is -0.168. The Hall–Kier alpha value is -1.35. The molecule has 0 aromatic heterocycles. The first-order chi connectivity index (χ1) is 9.54. The van der Waals surface area contributed by atoms with Gasteiger partial charge in [-0.15, -0.1) is 0 Å². The van der Waals surface area contributed by atoms with Crippen molar-refractivity contribution in [3.63, 3.8) is 0 Å². The maximum atomic E-state index is 13.3. The van der Waals surface area contributed by atoms with Crippen LogP contribution in [0.1, 0.15) is 32.3 Å². The van der Waals surface area contributed by atoms with E-state index < -0.39 is 0 Å². The normalized spacial score (nSPS) is 17.0. The molecule has 3 heteroatoms. The van der Waals surface area contributed by atoms with Crippen molar-refractivity contribution < 1.29 is 4.39 Å². The number of rotatable bonds is 4. The first-order valence-corrected chi connectivity index (χ1v) is 7.43. The van der Waals surface area contributed by atoms with E-state index in [1.165, 1.54) is 11.6 Å². The third-order valence-electron chi connectivity index (χ3n) is 3.90. The molecule has 1 aliphatic rings. The molecule has 0 saturated carbocycles. The van der Waals surface area contributed by atoms with E-state index in [1.807, 2.05) is 13.0 Å². The third kappa shape index (κ3) is 4.34. The maximum absolute atomic E-state index is 13.3. The Morgan fingerprint density at radius 1 is 1.35 bits per heavy atom. The van der Waals surface area contributed by atoms with Crippen LogP contribution < -0.4 is 5.32 Å². The molecular weight excluding hydrogens is 251 g/mol. The summed E-state index contributed by atoms with van der Waals surface area (Å²) >= 11 is 0. The maximum Gasteiger partial charge on any atom is 0.125 e. The smallest absolute Gasteiger partial charge is 0.125 e. The molecule has 1 N–H and O–H groups in total. The molecule has 1 saturated heterocycles. The van der Waals surface area contributed by atoms with E-state index in [4.69, 9.17) is 0 Å². The van der Waals surface area contributed by atoms with Crippen LogP contribution in [-0.4, -0.2) is 30.6 Å². The van der Waals surface area contributed by atoms with Gasteiger partial charge in [0.2, 0.25) is 0 Å². The largest absolute Gasteiger partial charge is 0.382 e. The molecule has 0 bridgehead atoms. The van der Waals surface area contributed by atoms with E-state index in [1.54, 1.807) is 6.07 Å². The van der Waals surface area contributed by atoms with Gasteiger partial charge in [-0.2, -0.15) is 0 Å². The molecule has 110 valence electrons. The summed E-state index contributed by atoms with van der Waals surface area (Å²) in [4.78, 5) is 2.48. The number of nitrogens with one attached hydrogen (secondary N) is 1. The molecule has 0 radical (unpaired) electrons. The molecule has 20 heavy (non-hydrogen) atoms. The van der Waals surface area contributed by atoms with Crippen LogP contribution in [0.25, 0.3) is 0 Å². The molecule has 1 aromatic rings. The van der Waals surface area contributed by atoms with Gasteiger partial charge >= 0.3 is 0 Å². The van der Waals surface area contributed by atoms with Crippen molar-refractivity contribution in [3.8, 4) is 0 Å². The fourth-order valence-electron chi connectivity index (χ4n) is 2.54. The van der Waals surface area contributed by atoms with Gasteiger partial charge in [0.25, 0.3) is 0 Å². The predicted molar refractivity (Wildman–Crippen MR) is 83.7 cm³/mol. The zero-order valence-corrected chi connectivity index (χ0v) is 12.7. The Labute approximate surface area is 121 Å². The van der Waals surface area contributed by atoms with E-state index in [-0.39, 0.29) is 5.82 Å². The Kier molecular flexibility index (Phi) is 5.18. The van der Waals surface area contributed by atoms with Gasteiger partial charge in [0, 0.05) is 31.4 Å². The van der Waals surface area contributed by atoms with Crippen molar-refractivity contribution in [2.45, 2.75) is 39.7 Å². The molecule has 0 unspecified atom stereocenters. The minimum Gasteiger partial charge on any atom is -0.382 e. The fraction of sp³-hybridized carbons (Fsp3) is 0.529. The monoisotopic (exact) mass is 276 g/mol. The molecule has 1 fully saturated rings. The SMILES string of the molecule is CC(C)=CCN1CCC(Nc2cc(F)ccc2C)CC1. The Morgan fingerprint density at radius 2 is 2.05 bits per heavy atom. The van der Waals surface area contributed by atoms with Crippen molar-refractivity contribution in [2.75, 3.05) is 25.0 Å². The highest BCUT2D eigenvalue weighted by Crippen LogP contribution is 2.21. The summed E-state index contributed by atoms with van der Waals surface area (Å²) in [5, 5.41) is 3.49. The molecular formula is C17H25FN2. The number of allylic oxidation sites excluding steroid dienone is 1. The minimum absolute atomic E-state index is 0.168. The summed E-state index contributed by atoms with van der Waals surface area (Å²) < 4.78 is 13.3. The predicted octanol–water partition coefficient (Wildman–Crippen LogP) is 3.98. The number of hydrogen-bond donors (Lipinski definition) is 1. The highest BCUT2D eigenvalue weighted by molar-refractivity contribution is 5.51. The molecule has 1 aliphatic heterocycles. The van der Waals surface area contributed by atoms with Crippen molar-refractivity contribution in [2.24, 2.45) is 0 Å². The lowest BCUT2D eigenvalue weighted by atomic mass is 10.0. The molecule has 2 rings (SSSR count). The van der Waals surface area contributed by atoms with Crippen LogP contribution in [0.15, 0.2) is 29.8 Å². The van der Waals surface area contributed by atoms with Gasteiger partial charge in [0.15, 0.2) is 0 Å². The lowest BCUT2D eigenvalue weighted by Crippen LogP contribution is -2.39. The summed E-state index contributed by atoms with van der Waals surface area (Å²) in [6, 6.07) is 5.41. The van der Waals surface area contributed by atoms with E-state index in [0.717, 1.165) is 43.7 Å². The van der Waals surface area contributed by atoms with Gasteiger partial charge in [-0.25, -0.2) is 4.39 Å². The highest BCUT2D eigenvalue weighted by Gasteiger charge is 2.18. The van der Waals surface area contributed by atoms with Crippen molar-refractivity contribution in [3.05, 3.63) is 41.2 Å². The van der Waals surface area contributed by atoms with Crippen molar-refractivity contribution in [1.29, 1.82) is 0 Å². The number of benzene rings is 1. The number of anilines is 1. The average Bonchev–Trinajstić information content (AvgIpc) is 2.42. The Morgan fingerprint density at radius 3 is 2.70 bits per heavy atom. The van der Waals surface area contributed by atoms with E-state index in [9.17, 15) is 4.39 Å². The van der Waals surface area contributed by atoms with Gasteiger partial charge in [0.1, 0.15) is 5.82 Å². The van der Waals surface area contributed by atoms with E-state index >= 15 is 0 Å². The van der Waals surface area contributed by atoms with Crippen LogP contribution >= 0.6 is 0 Å². The fourth-order valence-corrected chi connectivity index (χ4v) is 2.54. The van der Waals surface area contributed by atoms with Gasteiger partial charge in [0.05, 0.1) is 0 Å². The molecule has 1 aromatic carbocycles. The first kappa shape index (κ1) is 15.0.